The predicted molar refractivity (Wildman–Crippen MR) is 75.1 cm³/mol. The van der Waals surface area contributed by atoms with Crippen LogP contribution in [0.4, 0.5) is 5.82 Å². The van der Waals surface area contributed by atoms with E-state index in [2.05, 4.69) is 9.97 Å². The largest absolute Gasteiger partial charge is 0.384 e. The number of benzene rings is 1. The summed E-state index contributed by atoms with van der Waals surface area (Å²) in [5, 5.41) is 1.23. The van der Waals surface area contributed by atoms with Crippen LogP contribution in [-0.4, -0.2) is 9.97 Å². The maximum Gasteiger partial charge on any atom is 0.135 e. The Kier molecular flexibility index (Phi) is 4.04. The third-order valence-corrected chi connectivity index (χ3v) is 3.16. The minimum atomic E-state index is 0.488. The van der Waals surface area contributed by atoms with Gasteiger partial charge in [0.1, 0.15) is 11.6 Å². The lowest BCUT2D eigenvalue weighted by Crippen LogP contribution is -2.04. The number of rotatable bonds is 3. The molecule has 0 bridgehead atoms. The first-order valence-electron chi connectivity index (χ1n) is 5.64. The molecule has 0 radical (unpaired) electrons. The van der Waals surface area contributed by atoms with E-state index < -0.39 is 0 Å². The molecule has 0 saturated carbocycles. The third-order valence-electron chi connectivity index (χ3n) is 2.57. The number of aromatic nitrogens is 2. The van der Waals surface area contributed by atoms with Crippen molar-refractivity contribution in [2.24, 2.45) is 0 Å². The second-order valence-corrected chi connectivity index (χ2v) is 4.81. The quantitative estimate of drug-likeness (QED) is 0.937. The topological polar surface area (TPSA) is 51.8 Å². The average Bonchev–Trinajstić information content (AvgIpc) is 2.32. The Morgan fingerprint density at radius 2 is 1.94 bits per heavy atom. The van der Waals surface area contributed by atoms with Gasteiger partial charge in [-0.3, -0.25) is 0 Å². The van der Waals surface area contributed by atoms with E-state index in [4.69, 9.17) is 28.9 Å². The Balaban J connectivity index is 2.30. The molecule has 0 atom stereocenters. The summed E-state index contributed by atoms with van der Waals surface area (Å²) in [4.78, 5) is 8.64. The van der Waals surface area contributed by atoms with Crippen LogP contribution in [0.1, 0.15) is 24.0 Å². The molecule has 0 spiro atoms. The number of hydrogen-bond acceptors (Lipinski definition) is 3. The highest BCUT2D eigenvalue weighted by molar-refractivity contribution is 6.35. The lowest BCUT2D eigenvalue weighted by molar-refractivity contribution is 0.911. The van der Waals surface area contributed by atoms with Gasteiger partial charge in [-0.1, -0.05) is 36.2 Å². The predicted octanol–water partition coefficient (Wildman–Crippen LogP) is 3.52. The van der Waals surface area contributed by atoms with Crippen molar-refractivity contribution in [1.82, 2.24) is 9.97 Å². The number of nitrogens with two attached hydrogens (primary N) is 1. The van der Waals surface area contributed by atoms with Crippen LogP contribution in [0.15, 0.2) is 24.3 Å². The first-order valence-corrected chi connectivity index (χ1v) is 6.40. The Bertz CT molecular complexity index is 570. The molecule has 1 aromatic heterocycles. The Morgan fingerprint density at radius 3 is 2.61 bits per heavy atom. The van der Waals surface area contributed by atoms with E-state index >= 15 is 0 Å². The van der Waals surface area contributed by atoms with E-state index in [0.717, 1.165) is 17.7 Å². The molecule has 2 N–H and O–H groups in total. The lowest BCUT2D eigenvalue weighted by atomic mass is 10.1. The number of nitrogen functional groups attached to an aromatic ring is 1. The summed E-state index contributed by atoms with van der Waals surface area (Å²) in [6.07, 6.45) is 1.38. The standard InChI is InChI=1S/C13H13Cl2N3/c1-2-10-7-12(16)18-13(17-10)5-8-3-4-9(14)6-11(8)15/h3-4,6-7H,2,5H2,1H3,(H2,16,17,18). The minimum absolute atomic E-state index is 0.488. The summed E-state index contributed by atoms with van der Waals surface area (Å²) < 4.78 is 0. The minimum Gasteiger partial charge on any atom is -0.384 e. The van der Waals surface area contributed by atoms with E-state index in [-0.39, 0.29) is 0 Å². The van der Waals surface area contributed by atoms with E-state index in [9.17, 15) is 0 Å². The molecule has 94 valence electrons. The van der Waals surface area contributed by atoms with Gasteiger partial charge in [0.05, 0.1) is 0 Å². The first-order chi connectivity index (χ1) is 8.58. The number of hydrogen-bond donors (Lipinski definition) is 1. The number of anilines is 1. The van der Waals surface area contributed by atoms with Crippen LogP contribution >= 0.6 is 23.2 Å². The molecule has 0 aliphatic heterocycles. The fourth-order valence-corrected chi connectivity index (χ4v) is 2.15. The molecule has 0 amide bonds. The highest BCUT2D eigenvalue weighted by atomic mass is 35.5. The van der Waals surface area contributed by atoms with Gasteiger partial charge >= 0.3 is 0 Å². The van der Waals surface area contributed by atoms with E-state index in [0.29, 0.717) is 28.1 Å². The number of halogens is 2. The molecule has 2 aromatic rings. The molecular weight excluding hydrogens is 269 g/mol. The molecule has 1 aromatic carbocycles. The molecule has 0 fully saturated rings. The van der Waals surface area contributed by atoms with Crippen molar-refractivity contribution in [2.45, 2.75) is 19.8 Å². The third kappa shape index (κ3) is 3.12. The van der Waals surface area contributed by atoms with Crippen molar-refractivity contribution in [1.29, 1.82) is 0 Å². The highest BCUT2D eigenvalue weighted by Crippen LogP contribution is 2.22. The summed E-state index contributed by atoms with van der Waals surface area (Å²) in [6, 6.07) is 7.18. The van der Waals surface area contributed by atoms with Crippen molar-refractivity contribution < 1.29 is 0 Å². The first kappa shape index (κ1) is 13.1. The van der Waals surface area contributed by atoms with Crippen molar-refractivity contribution in [3.8, 4) is 0 Å². The maximum atomic E-state index is 6.12. The highest BCUT2D eigenvalue weighted by Gasteiger charge is 2.07. The molecule has 0 aliphatic rings. The van der Waals surface area contributed by atoms with Crippen molar-refractivity contribution in [3.05, 3.63) is 51.4 Å². The zero-order valence-electron chi connectivity index (χ0n) is 9.95. The summed E-state index contributed by atoms with van der Waals surface area (Å²) in [7, 11) is 0. The van der Waals surface area contributed by atoms with Crippen LogP contribution in [0.25, 0.3) is 0 Å². The molecular formula is C13H13Cl2N3. The molecule has 1 heterocycles. The Hall–Kier alpha value is -1.32. The maximum absolute atomic E-state index is 6.12. The number of aryl methyl sites for hydroxylation is 1. The van der Waals surface area contributed by atoms with E-state index in [1.165, 1.54) is 0 Å². The smallest absolute Gasteiger partial charge is 0.135 e. The molecule has 18 heavy (non-hydrogen) atoms. The van der Waals surface area contributed by atoms with Gasteiger partial charge in [-0.2, -0.15) is 0 Å². The summed E-state index contributed by atoms with van der Waals surface area (Å²) in [6.45, 7) is 2.03. The Labute approximate surface area is 116 Å². The summed E-state index contributed by atoms with van der Waals surface area (Å²) >= 11 is 12.0. The summed E-state index contributed by atoms with van der Waals surface area (Å²) in [5.41, 5.74) is 7.62. The van der Waals surface area contributed by atoms with Crippen LogP contribution in [0.3, 0.4) is 0 Å². The fraction of sp³-hybridized carbons (Fsp3) is 0.231. The second-order valence-electron chi connectivity index (χ2n) is 3.97. The van der Waals surface area contributed by atoms with Crippen LogP contribution in [-0.2, 0) is 12.8 Å². The van der Waals surface area contributed by atoms with Crippen molar-refractivity contribution >= 4 is 29.0 Å². The van der Waals surface area contributed by atoms with Gasteiger partial charge in [0.2, 0.25) is 0 Å². The molecule has 5 heteroatoms. The van der Waals surface area contributed by atoms with E-state index in [1.54, 1.807) is 18.2 Å². The SMILES string of the molecule is CCc1cc(N)nc(Cc2ccc(Cl)cc2Cl)n1. The van der Waals surface area contributed by atoms with Gasteiger partial charge in [-0.25, -0.2) is 9.97 Å². The van der Waals surface area contributed by atoms with E-state index in [1.807, 2.05) is 13.0 Å². The molecule has 2 rings (SSSR count). The van der Waals surface area contributed by atoms with Crippen LogP contribution in [0.2, 0.25) is 10.0 Å². The second kappa shape index (κ2) is 5.55. The molecule has 3 nitrogen and oxygen atoms in total. The normalized spacial score (nSPS) is 10.6. The summed E-state index contributed by atoms with van der Waals surface area (Å²) in [5.74, 6) is 1.16. The zero-order chi connectivity index (χ0) is 13.1. The van der Waals surface area contributed by atoms with Gasteiger partial charge < -0.3 is 5.73 Å². The van der Waals surface area contributed by atoms with Gasteiger partial charge in [-0.05, 0) is 24.1 Å². The van der Waals surface area contributed by atoms with Crippen molar-refractivity contribution in [2.75, 3.05) is 5.73 Å². The number of nitrogens with zero attached hydrogens (tertiary/aromatic N) is 2. The lowest BCUT2D eigenvalue weighted by Gasteiger charge is -2.06. The van der Waals surface area contributed by atoms with Gasteiger partial charge in [-0.15, -0.1) is 0 Å². The molecule has 0 unspecified atom stereocenters. The fourth-order valence-electron chi connectivity index (χ4n) is 1.67. The van der Waals surface area contributed by atoms with Crippen molar-refractivity contribution in [3.63, 3.8) is 0 Å². The van der Waals surface area contributed by atoms with Gasteiger partial charge in [0.25, 0.3) is 0 Å². The van der Waals surface area contributed by atoms with Gasteiger partial charge in [0, 0.05) is 28.2 Å². The average molecular weight is 282 g/mol. The monoisotopic (exact) mass is 281 g/mol. The van der Waals surface area contributed by atoms with Gasteiger partial charge in [0.15, 0.2) is 0 Å². The Morgan fingerprint density at radius 1 is 1.17 bits per heavy atom. The molecule has 0 saturated heterocycles. The zero-order valence-corrected chi connectivity index (χ0v) is 11.5. The van der Waals surface area contributed by atoms with Crippen LogP contribution in [0, 0.1) is 0 Å². The van der Waals surface area contributed by atoms with Crippen LogP contribution < -0.4 is 5.73 Å². The van der Waals surface area contributed by atoms with Crippen LogP contribution in [0.5, 0.6) is 0 Å². The molecule has 0 aliphatic carbocycles.